The number of carbonyl (C=O) groups excluding carboxylic acids is 3. The average molecular weight is 330 g/mol. The number of rotatable bonds is 3. The summed E-state index contributed by atoms with van der Waals surface area (Å²) in [5, 5.41) is 3.24. The van der Waals surface area contributed by atoms with Crippen molar-refractivity contribution in [3.8, 4) is 0 Å². The van der Waals surface area contributed by atoms with Gasteiger partial charge in [0.2, 0.25) is 11.8 Å². The number of imide groups is 1. The Morgan fingerprint density at radius 1 is 1.29 bits per heavy atom. The molecule has 0 aromatic heterocycles. The molecule has 6 nitrogen and oxygen atoms in total. The number of benzene rings is 1. The number of esters is 1. The minimum atomic E-state index is -1.22. The Balaban J connectivity index is 2.13. The van der Waals surface area contributed by atoms with Gasteiger partial charge in [-0.25, -0.2) is 0 Å². The van der Waals surface area contributed by atoms with E-state index in [1.165, 1.54) is 12.0 Å². The van der Waals surface area contributed by atoms with E-state index in [0.717, 1.165) is 11.1 Å². The standard InChI is InChI=1S/C18H22N2O4/c1-5-20-15(21)12-13(16(20)22)18(3,17(23)24-4)19-14(12)11-9-7-6-8-10(11)2/h6-9,12-14,19H,5H2,1-4H3/t12-,13+,14-,18-/m0/s1. The van der Waals surface area contributed by atoms with Gasteiger partial charge in [-0.05, 0) is 31.9 Å². The van der Waals surface area contributed by atoms with Gasteiger partial charge in [0.05, 0.1) is 18.9 Å². The number of hydrogen-bond donors (Lipinski definition) is 1. The number of nitrogens with one attached hydrogen (secondary N) is 1. The summed E-state index contributed by atoms with van der Waals surface area (Å²) in [6.45, 7) is 5.68. The second kappa shape index (κ2) is 5.70. The fourth-order valence-corrected chi connectivity index (χ4v) is 4.11. The van der Waals surface area contributed by atoms with Crippen LogP contribution in [0.5, 0.6) is 0 Å². The molecule has 1 aromatic carbocycles. The lowest BCUT2D eigenvalue weighted by atomic mass is 9.80. The SMILES string of the molecule is CCN1C(=O)[C@@H]2[C@H](c3ccccc3C)N[C@](C)(C(=O)OC)[C@H]2C1=O. The van der Waals surface area contributed by atoms with Crippen LogP contribution in [-0.4, -0.2) is 41.9 Å². The van der Waals surface area contributed by atoms with Crippen molar-refractivity contribution in [1.29, 1.82) is 0 Å². The number of nitrogens with zero attached hydrogens (tertiary/aromatic N) is 1. The van der Waals surface area contributed by atoms with Gasteiger partial charge in [0.25, 0.3) is 0 Å². The van der Waals surface area contributed by atoms with Crippen LogP contribution in [0.2, 0.25) is 0 Å². The first-order valence-electron chi connectivity index (χ1n) is 8.13. The summed E-state index contributed by atoms with van der Waals surface area (Å²) in [4.78, 5) is 39.3. The Morgan fingerprint density at radius 2 is 1.96 bits per heavy atom. The van der Waals surface area contributed by atoms with E-state index >= 15 is 0 Å². The van der Waals surface area contributed by atoms with E-state index < -0.39 is 29.4 Å². The fourth-order valence-electron chi connectivity index (χ4n) is 4.11. The van der Waals surface area contributed by atoms with Crippen molar-refractivity contribution in [2.45, 2.75) is 32.4 Å². The first kappa shape index (κ1) is 16.6. The third-order valence-electron chi connectivity index (χ3n) is 5.33. The largest absolute Gasteiger partial charge is 0.468 e. The van der Waals surface area contributed by atoms with Crippen LogP contribution in [0.25, 0.3) is 0 Å². The van der Waals surface area contributed by atoms with Crippen LogP contribution in [0, 0.1) is 18.8 Å². The molecule has 2 fully saturated rings. The monoisotopic (exact) mass is 330 g/mol. The third-order valence-corrected chi connectivity index (χ3v) is 5.33. The maximum atomic E-state index is 12.8. The predicted molar refractivity (Wildman–Crippen MR) is 86.9 cm³/mol. The van der Waals surface area contributed by atoms with E-state index in [2.05, 4.69) is 5.32 Å². The minimum absolute atomic E-state index is 0.221. The molecule has 1 aromatic rings. The lowest BCUT2D eigenvalue weighted by Gasteiger charge is -2.28. The maximum Gasteiger partial charge on any atom is 0.326 e. The molecular weight excluding hydrogens is 308 g/mol. The zero-order valence-corrected chi connectivity index (χ0v) is 14.3. The van der Waals surface area contributed by atoms with E-state index in [1.807, 2.05) is 31.2 Å². The Kier molecular flexibility index (Phi) is 3.95. The third kappa shape index (κ3) is 2.09. The number of carbonyl (C=O) groups is 3. The summed E-state index contributed by atoms with van der Waals surface area (Å²) in [5.41, 5.74) is 0.723. The molecule has 0 bridgehead atoms. The number of amides is 2. The van der Waals surface area contributed by atoms with Crippen molar-refractivity contribution < 1.29 is 19.1 Å². The number of ether oxygens (including phenoxy) is 1. The lowest BCUT2D eigenvalue weighted by Crippen LogP contribution is -2.53. The molecule has 0 aliphatic carbocycles. The number of methoxy groups -OCH3 is 1. The maximum absolute atomic E-state index is 12.8. The van der Waals surface area contributed by atoms with Crippen molar-refractivity contribution in [2.75, 3.05) is 13.7 Å². The predicted octanol–water partition coefficient (Wildman–Crippen LogP) is 1.19. The molecule has 24 heavy (non-hydrogen) atoms. The highest BCUT2D eigenvalue weighted by Crippen LogP contribution is 2.49. The minimum Gasteiger partial charge on any atom is -0.468 e. The van der Waals surface area contributed by atoms with Gasteiger partial charge in [-0.2, -0.15) is 0 Å². The summed E-state index contributed by atoms with van der Waals surface area (Å²) in [7, 11) is 1.30. The first-order valence-corrected chi connectivity index (χ1v) is 8.13. The molecule has 0 unspecified atom stereocenters. The Hall–Kier alpha value is -2.21. The van der Waals surface area contributed by atoms with Crippen LogP contribution < -0.4 is 5.32 Å². The van der Waals surface area contributed by atoms with Crippen LogP contribution >= 0.6 is 0 Å². The molecule has 3 rings (SSSR count). The lowest BCUT2D eigenvalue weighted by molar-refractivity contribution is -0.153. The molecule has 4 atom stereocenters. The van der Waals surface area contributed by atoms with Gasteiger partial charge < -0.3 is 4.74 Å². The fraction of sp³-hybridized carbons (Fsp3) is 0.500. The van der Waals surface area contributed by atoms with Gasteiger partial charge in [-0.1, -0.05) is 24.3 Å². The van der Waals surface area contributed by atoms with E-state index in [-0.39, 0.29) is 11.8 Å². The van der Waals surface area contributed by atoms with Crippen molar-refractivity contribution in [3.05, 3.63) is 35.4 Å². The van der Waals surface area contributed by atoms with Gasteiger partial charge in [0, 0.05) is 12.6 Å². The van der Waals surface area contributed by atoms with Gasteiger partial charge in [0.1, 0.15) is 5.54 Å². The zero-order valence-electron chi connectivity index (χ0n) is 14.3. The highest BCUT2D eigenvalue weighted by atomic mass is 16.5. The highest BCUT2D eigenvalue weighted by Gasteiger charge is 2.66. The van der Waals surface area contributed by atoms with Crippen molar-refractivity contribution in [3.63, 3.8) is 0 Å². The van der Waals surface area contributed by atoms with Gasteiger partial charge >= 0.3 is 5.97 Å². The summed E-state index contributed by atoms with van der Waals surface area (Å²) in [6.07, 6.45) is 0. The summed E-state index contributed by atoms with van der Waals surface area (Å²) in [5.74, 6) is -2.39. The van der Waals surface area contributed by atoms with E-state index in [1.54, 1.807) is 13.8 Å². The zero-order chi connectivity index (χ0) is 17.6. The normalized spacial score (nSPS) is 32.2. The van der Waals surface area contributed by atoms with Crippen LogP contribution in [0.3, 0.4) is 0 Å². The number of hydrogen-bond acceptors (Lipinski definition) is 5. The Labute approximate surface area is 141 Å². The molecule has 0 radical (unpaired) electrons. The molecule has 2 amide bonds. The molecule has 2 aliphatic heterocycles. The van der Waals surface area contributed by atoms with Crippen LogP contribution in [0.15, 0.2) is 24.3 Å². The second-order valence-corrected chi connectivity index (χ2v) is 6.60. The first-order chi connectivity index (χ1) is 11.4. The quantitative estimate of drug-likeness (QED) is 0.665. The molecule has 2 saturated heterocycles. The molecule has 0 spiro atoms. The number of aryl methyl sites for hydroxylation is 1. The van der Waals surface area contributed by atoms with E-state index in [0.29, 0.717) is 6.54 Å². The van der Waals surface area contributed by atoms with E-state index in [4.69, 9.17) is 4.74 Å². The molecule has 128 valence electrons. The summed E-state index contributed by atoms with van der Waals surface area (Å²) >= 11 is 0. The molecule has 2 aliphatic rings. The number of likely N-dealkylation sites (tertiary alicyclic amines) is 1. The van der Waals surface area contributed by atoms with Crippen LogP contribution in [0.4, 0.5) is 0 Å². The molecule has 6 heteroatoms. The topological polar surface area (TPSA) is 75.7 Å². The van der Waals surface area contributed by atoms with Gasteiger partial charge in [-0.3, -0.25) is 24.6 Å². The van der Waals surface area contributed by atoms with Crippen LogP contribution in [0.1, 0.15) is 31.0 Å². The second-order valence-electron chi connectivity index (χ2n) is 6.60. The Morgan fingerprint density at radius 3 is 2.54 bits per heavy atom. The molecule has 0 saturated carbocycles. The van der Waals surface area contributed by atoms with E-state index in [9.17, 15) is 14.4 Å². The van der Waals surface area contributed by atoms with Crippen molar-refractivity contribution >= 4 is 17.8 Å². The summed E-state index contributed by atoms with van der Waals surface area (Å²) < 4.78 is 4.93. The van der Waals surface area contributed by atoms with Crippen molar-refractivity contribution in [1.82, 2.24) is 10.2 Å². The summed E-state index contributed by atoms with van der Waals surface area (Å²) in [6, 6.07) is 7.31. The molecule has 2 heterocycles. The number of fused-ring (bicyclic) bond motifs is 1. The van der Waals surface area contributed by atoms with Crippen LogP contribution in [-0.2, 0) is 19.1 Å². The molecule has 1 N–H and O–H groups in total. The smallest absolute Gasteiger partial charge is 0.326 e. The Bertz CT molecular complexity index is 717. The molecular formula is C18H22N2O4. The van der Waals surface area contributed by atoms with Gasteiger partial charge in [0.15, 0.2) is 0 Å². The van der Waals surface area contributed by atoms with Gasteiger partial charge in [-0.15, -0.1) is 0 Å². The highest BCUT2D eigenvalue weighted by molar-refractivity contribution is 6.09. The average Bonchev–Trinajstić information content (AvgIpc) is 3.02. The van der Waals surface area contributed by atoms with Crippen molar-refractivity contribution in [2.24, 2.45) is 11.8 Å².